The molecule has 6 heteroatoms. The van der Waals surface area contributed by atoms with Crippen molar-refractivity contribution >= 4 is 17.9 Å². The Morgan fingerprint density at radius 1 is 0.322 bits per heavy atom. The molecule has 0 aliphatic carbocycles. The molecule has 1 atom stereocenters. The molecule has 0 saturated carbocycles. The molecule has 0 N–H and O–H groups in total. The lowest BCUT2D eigenvalue weighted by Crippen LogP contribution is -2.30. The summed E-state index contributed by atoms with van der Waals surface area (Å²) < 4.78 is 16.8. The zero-order valence-electron chi connectivity index (χ0n) is 39.5. The van der Waals surface area contributed by atoms with Gasteiger partial charge in [0.1, 0.15) is 13.2 Å². The zero-order chi connectivity index (χ0) is 43.0. The van der Waals surface area contributed by atoms with E-state index in [2.05, 4.69) is 45.1 Å². The first-order chi connectivity index (χ1) is 29.0. The van der Waals surface area contributed by atoms with Crippen LogP contribution in [-0.4, -0.2) is 37.2 Å². The van der Waals surface area contributed by atoms with Crippen LogP contribution in [0.1, 0.15) is 278 Å². The lowest BCUT2D eigenvalue weighted by molar-refractivity contribution is -0.167. The maximum Gasteiger partial charge on any atom is 0.306 e. The van der Waals surface area contributed by atoms with Crippen molar-refractivity contribution in [3.05, 3.63) is 24.3 Å². The van der Waals surface area contributed by atoms with Gasteiger partial charge < -0.3 is 14.2 Å². The van der Waals surface area contributed by atoms with E-state index in [0.717, 1.165) is 70.6 Å². The average molecular weight is 831 g/mol. The molecule has 0 radical (unpaired) electrons. The fourth-order valence-electron chi connectivity index (χ4n) is 7.49. The second-order valence-corrected chi connectivity index (χ2v) is 17.4. The molecule has 0 aromatic heterocycles. The van der Waals surface area contributed by atoms with E-state index < -0.39 is 6.10 Å². The van der Waals surface area contributed by atoms with Gasteiger partial charge in [-0.05, 0) is 70.6 Å². The van der Waals surface area contributed by atoms with Gasteiger partial charge in [0.2, 0.25) is 0 Å². The fourth-order valence-corrected chi connectivity index (χ4v) is 7.49. The van der Waals surface area contributed by atoms with Crippen molar-refractivity contribution in [2.24, 2.45) is 0 Å². The van der Waals surface area contributed by atoms with Gasteiger partial charge in [0, 0.05) is 19.3 Å². The molecule has 0 heterocycles. The van der Waals surface area contributed by atoms with Gasteiger partial charge in [-0.1, -0.05) is 212 Å². The molecule has 0 aromatic carbocycles. The molecule has 0 aliphatic rings. The van der Waals surface area contributed by atoms with Crippen molar-refractivity contribution in [1.82, 2.24) is 0 Å². The predicted octanol–water partition coefficient (Wildman–Crippen LogP) is 16.8. The number of unbranched alkanes of at least 4 members (excludes halogenated alkanes) is 32. The van der Waals surface area contributed by atoms with Crippen LogP contribution in [0.15, 0.2) is 24.3 Å². The van der Waals surface area contributed by atoms with Gasteiger partial charge in [0.25, 0.3) is 0 Å². The summed E-state index contributed by atoms with van der Waals surface area (Å²) in [4.78, 5) is 37.9. The summed E-state index contributed by atoms with van der Waals surface area (Å²) in [5, 5.41) is 0. The summed E-state index contributed by atoms with van der Waals surface area (Å²) in [5.41, 5.74) is 0. The number of rotatable bonds is 47. The van der Waals surface area contributed by atoms with Gasteiger partial charge in [-0.25, -0.2) is 0 Å². The summed E-state index contributed by atoms with van der Waals surface area (Å²) in [7, 11) is 0. The Morgan fingerprint density at radius 3 is 0.864 bits per heavy atom. The minimum absolute atomic E-state index is 0.0747. The number of carbonyl (C=O) groups excluding carboxylic acids is 3. The monoisotopic (exact) mass is 831 g/mol. The lowest BCUT2D eigenvalue weighted by Gasteiger charge is -2.18. The third-order valence-corrected chi connectivity index (χ3v) is 11.4. The van der Waals surface area contributed by atoms with Crippen molar-refractivity contribution in [3.8, 4) is 0 Å². The first kappa shape index (κ1) is 56.9. The highest BCUT2D eigenvalue weighted by Gasteiger charge is 2.19. The maximum atomic E-state index is 12.8. The van der Waals surface area contributed by atoms with Crippen molar-refractivity contribution in [2.75, 3.05) is 13.2 Å². The van der Waals surface area contributed by atoms with Gasteiger partial charge in [-0.2, -0.15) is 0 Å². The molecule has 0 saturated heterocycles. The van der Waals surface area contributed by atoms with E-state index in [9.17, 15) is 14.4 Å². The third kappa shape index (κ3) is 46.8. The molecule has 0 spiro atoms. The first-order valence-electron chi connectivity index (χ1n) is 25.8. The number of carbonyl (C=O) groups is 3. The Labute approximate surface area is 366 Å². The SMILES string of the molecule is CCCCCC/C=C\CCCCCCCC(=O)OC[C@@H](COC(=O)CCCCCCC/C=C\CCCCCCCC)OC(=O)CCCCCCCCCCCCCCC. The van der Waals surface area contributed by atoms with E-state index in [-0.39, 0.29) is 31.1 Å². The molecule has 0 amide bonds. The van der Waals surface area contributed by atoms with Crippen molar-refractivity contribution in [3.63, 3.8) is 0 Å². The highest BCUT2D eigenvalue weighted by molar-refractivity contribution is 5.71. The second kappa shape index (κ2) is 48.6. The van der Waals surface area contributed by atoms with E-state index in [1.54, 1.807) is 0 Å². The smallest absolute Gasteiger partial charge is 0.306 e. The number of allylic oxidation sites excluding steroid dienone is 4. The zero-order valence-corrected chi connectivity index (χ0v) is 39.5. The Balaban J connectivity index is 4.36. The lowest BCUT2D eigenvalue weighted by atomic mass is 10.0. The third-order valence-electron chi connectivity index (χ3n) is 11.4. The molecule has 0 bridgehead atoms. The van der Waals surface area contributed by atoms with Gasteiger partial charge in [0.15, 0.2) is 6.10 Å². The van der Waals surface area contributed by atoms with Crippen molar-refractivity contribution in [1.29, 1.82) is 0 Å². The highest BCUT2D eigenvalue weighted by atomic mass is 16.6. The molecule has 0 rings (SSSR count). The van der Waals surface area contributed by atoms with Crippen LogP contribution in [0, 0.1) is 0 Å². The van der Waals surface area contributed by atoms with Crippen LogP contribution in [0.5, 0.6) is 0 Å². The Kier molecular flexibility index (Phi) is 46.8. The maximum absolute atomic E-state index is 12.8. The van der Waals surface area contributed by atoms with E-state index in [1.807, 2.05) is 0 Å². The molecular weight excluding hydrogens is 733 g/mol. The summed E-state index contributed by atoms with van der Waals surface area (Å²) in [6, 6.07) is 0. The van der Waals surface area contributed by atoms with Crippen LogP contribution < -0.4 is 0 Å². The number of hydrogen-bond donors (Lipinski definition) is 0. The minimum atomic E-state index is -0.772. The number of ether oxygens (including phenoxy) is 3. The van der Waals surface area contributed by atoms with E-state index >= 15 is 0 Å². The summed E-state index contributed by atoms with van der Waals surface area (Å²) >= 11 is 0. The van der Waals surface area contributed by atoms with Gasteiger partial charge in [-0.15, -0.1) is 0 Å². The molecular formula is C53H98O6. The number of hydrogen-bond acceptors (Lipinski definition) is 6. The molecule has 0 fully saturated rings. The molecule has 346 valence electrons. The second-order valence-electron chi connectivity index (χ2n) is 17.4. The molecule has 0 aromatic rings. The van der Waals surface area contributed by atoms with Crippen LogP contribution in [0.2, 0.25) is 0 Å². The predicted molar refractivity (Wildman–Crippen MR) is 252 cm³/mol. The van der Waals surface area contributed by atoms with E-state index in [0.29, 0.717) is 19.3 Å². The first-order valence-corrected chi connectivity index (χ1v) is 25.8. The van der Waals surface area contributed by atoms with Crippen LogP contribution in [-0.2, 0) is 28.6 Å². The van der Waals surface area contributed by atoms with Crippen LogP contribution in [0.3, 0.4) is 0 Å². The topological polar surface area (TPSA) is 78.9 Å². The van der Waals surface area contributed by atoms with Crippen LogP contribution in [0.25, 0.3) is 0 Å². The summed E-state index contributed by atoms with van der Waals surface area (Å²) in [6.45, 7) is 6.62. The summed E-state index contributed by atoms with van der Waals surface area (Å²) in [5.74, 6) is -0.879. The minimum Gasteiger partial charge on any atom is -0.462 e. The average Bonchev–Trinajstić information content (AvgIpc) is 3.23. The quantitative estimate of drug-likeness (QED) is 0.0263. The Bertz CT molecular complexity index is 958. The van der Waals surface area contributed by atoms with Gasteiger partial charge in [-0.3, -0.25) is 14.4 Å². The van der Waals surface area contributed by atoms with Crippen molar-refractivity contribution in [2.45, 2.75) is 284 Å². The summed E-state index contributed by atoms with van der Waals surface area (Å²) in [6.07, 6.45) is 54.4. The fraction of sp³-hybridized carbons (Fsp3) is 0.868. The standard InChI is InChI=1S/C53H98O6/c1-4-7-10-13-16-19-22-25-26-29-31-34-37-40-43-46-52(55)58-49-50(59-53(56)47-44-41-38-35-32-28-24-21-18-15-12-9-6-3)48-57-51(54)45-42-39-36-33-30-27-23-20-17-14-11-8-5-2/h20,23,25-26,50H,4-19,21-22,24,27-49H2,1-3H3/b23-20-,26-25-/t50-/m0/s1. The molecule has 0 aliphatic heterocycles. The Hall–Kier alpha value is -2.11. The normalized spacial score (nSPS) is 12.1. The van der Waals surface area contributed by atoms with Crippen LogP contribution >= 0.6 is 0 Å². The van der Waals surface area contributed by atoms with E-state index in [1.165, 1.54) is 167 Å². The van der Waals surface area contributed by atoms with Gasteiger partial charge in [0.05, 0.1) is 0 Å². The molecule has 0 unspecified atom stereocenters. The Morgan fingerprint density at radius 2 is 0.559 bits per heavy atom. The number of esters is 3. The molecule has 59 heavy (non-hydrogen) atoms. The van der Waals surface area contributed by atoms with Gasteiger partial charge >= 0.3 is 17.9 Å². The largest absolute Gasteiger partial charge is 0.462 e. The van der Waals surface area contributed by atoms with E-state index in [4.69, 9.17) is 14.2 Å². The van der Waals surface area contributed by atoms with Crippen LogP contribution in [0.4, 0.5) is 0 Å². The van der Waals surface area contributed by atoms with Crippen molar-refractivity contribution < 1.29 is 28.6 Å². The molecule has 6 nitrogen and oxygen atoms in total. The highest BCUT2D eigenvalue weighted by Crippen LogP contribution is 2.15.